The first-order valence-electron chi connectivity index (χ1n) is 7.28. The molecule has 0 bridgehead atoms. The molecule has 0 spiro atoms. The van der Waals surface area contributed by atoms with Gasteiger partial charge in [0.05, 0.1) is 6.54 Å². The summed E-state index contributed by atoms with van der Waals surface area (Å²) in [6.07, 6.45) is 7.33. The summed E-state index contributed by atoms with van der Waals surface area (Å²) in [5.41, 5.74) is 0. The highest BCUT2D eigenvalue weighted by atomic mass is 35.5. The van der Waals surface area contributed by atoms with Gasteiger partial charge < -0.3 is 10.0 Å². The number of likely N-dealkylation sites (tertiary alicyclic amines) is 1. The number of unbranched alkanes of at least 4 members (excludes halogenated alkanes) is 2. The lowest BCUT2D eigenvalue weighted by Gasteiger charge is -2.25. The number of hydrogen-bond donors (Lipinski definition) is 1. The molecule has 19 heavy (non-hydrogen) atoms. The SMILES string of the molecule is CCCCCN1CCCC(N(C)CC(=O)O)CC1.Cl. The zero-order chi connectivity index (χ0) is 13.4. The minimum Gasteiger partial charge on any atom is -0.480 e. The maximum absolute atomic E-state index is 10.7. The Morgan fingerprint density at radius 1 is 1.32 bits per heavy atom. The molecule has 0 aliphatic carbocycles. The Hall–Kier alpha value is -0.320. The van der Waals surface area contributed by atoms with Gasteiger partial charge >= 0.3 is 5.97 Å². The molecule has 4 nitrogen and oxygen atoms in total. The number of carbonyl (C=O) groups is 1. The van der Waals surface area contributed by atoms with Gasteiger partial charge in [-0.05, 0) is 52.4 Å². The first kappa shape index (κ1) is 18.7. The highest BCUT2D eigenvalue weighted by Crippen LogP contribution is 2.16. The summed E-state index contributed by atoms with van der Waals surface area (Å²) in [4.78, 5) is 15.3. The zero-order valence-electron chi connectivity index (χ0n) is 12.3. The van der Waals surface area contributed by atoms with Crippen LogP contribution in [0.15, 0.2) is 0 Å². The average Bonchev–Trinajstić information content (AvgIpc) is 2.54. The fraction of sp³-hybridized carbons (Fsp3) is 0.929. The summed E-state index contributed by atoms with van der Waals surface area (Å²) in [5.74, 6) is -0.721. The van der Waals surface area contributed by atoms with Crippen LogP contribution in [0.1, 0.15) is 45.4 Å². The molecule has 5 heteroatoms. The normalized spacial score (nSPS) is 20.9. The monoisotopic (exact) mass is 292 g/mol. The van der Waals surface area contributed by atoms with Crippen molar-refractivity contribution in [2.75, 3.05) is 33.2 Å². The third-order valence-electron chi connectivity index (χ3n) is 3.88. The zero-order valence-corrected chi connectivity index (χ0v) is 13.1. The predicted molar refractivity (Wildman–Crippen MR) is 81.1 cm³/mol. The third-order valence-corrected chi connectivity index (χ3v) is 3.88. The van der Waals surface area contributed by atoms with Gasteiger partial charge in [0, 0.05) is 6.04 Å². The predicted octanol–water partition coefficient (Wildman–Crippen LogP) is 2.47. The lowest BCUT2D eigenvalue weighted by Crippen LogP contribution is -2.36. The van der Waals surface area contributed by atoms with E-state index in [9.17, 15) is 4.79 Å². The molecule has 1 rings (SSSR count). The molecule has 114 valence electrons. The van der Waals surface area contributed by atoms with Gasteiger partial charge in [0.2, 0.25) is 0 Å². The van der Waals surface area contributed by atoms with E-state index >= 15 is 0 Å². The maximum atomic E-state index is 10.7. The standard InChI is InChI=1S/C14H28N2O2.ClH/c1-3-4-5-9-16-10-6-7-13(8-11-16)15(2)12-14(17)18;/h13H,3-12H2,1-2H3,(H,17,18);1H. The van der Waals surface area contributed by atoms with E-state index in [1.54, 1.807) is 0 Å². The van der Waals surface area contributed by atoms with E-state index in [0.717, 1.165) is 19.4 Å². The molecule has 1 aliphatic heterocycles. The summed E-state index contributed by atoms with van der Waals surface area (Å²) in [6, 6.07) is 0.442. The Kier molecular flexibility index (Phi) is 10.3. The summed E-state index contributed by atoms with van der Waals surface area (Å²) in [7, 11) is 1.94. The van der Waals surface area contributed by atoms with Crippen LogP contribution >= 0.6 is 12.4 Å². The van der Waals surface area contributed by atoms with Crippen LogP contribution in [0.3, 0.4) is 0 Å². The van der Waals surface area contributed by atoms with E-state index in [1.165, 1.54) is 38.8 Å². The Morgan fingerprint density at radius 3 is 2.68 bits per heavy atom. The topological polar surface area (TPSA) is 43.8 Å². The Balaban J connectivity index is 0.00000324. The second-order valence-corrected chi connectivity index (χ2v) is 5.44. The highest BCUT2D eigenvalue weighted by Gasteiger charge is 2.21. The maximum Gasteiger partial charge on any atom is 0.317 e. The lowest BCUT2D eigenvalue weighted by molar-refractivity contribution is -0.138. The van der Waals surface area contributed by atoms with Crippen molar-refractivity contribution in [2.24, 2.45) is 0 Å². The number of carboxylic acids is 1. The largest absolute Gasteiger partial charge is 0.480 e. The quantitative estimate of drug-likeness (QED) is 0.732. The van der Waals surface area contributed by atoms with Gasteiger partial charge in [-0.25, -0.2) is 0 Å². The van der Waals surface area contributed by atoms with Gasteiger partial charge in [-0.1, -0.05) is 19.8 Å². The first-order chi connectivity index (χ1) is 8.63. The van der Waals surface area contributed by atoms with Gasteiger partial charge in [0.25, 0.3) is 0 Å². The van der Waals surface area contributed by atoms with Crippen LogP contribution in [-0.4, -0.2) is 60.1 Å². The molecule has 1 saturated heterocycles. The molecule has 1 aliphatic rings. The van der Waals surface area contributed by atoms with Crippen LogP contribution in [0.5, 0.6) is 0 Å². The number of hydrogen-bond acceptors (Lipinski definition) is 3. The van der Waals surface area contributed by atoms with E-state index in [1.807, 2.05) is 11.9 Å². The van der Waals surface area contributed by atoms with Gasteiger partial charge in [0.1, 0.15) is 0 Å². The molecule has 1 atom stereocenters. The van der Waals surface area contributed by atoms with Crippen molar-refractivity contribution in [1.29, 1.82) is 0 Å². The number of halogens is 1. The van der Waals surface area contributed by atoms with E-state index < -0.39 is 5.97 Å². The van der Waals surface area contributed by atoms with Gasteiger partial charge in [-0.3, -0.25) is 9.69 Å². The van der Waals surface area contributed by atoms with Crippen molar-refractivity contribution >= 4 is 18.4 Å². The number of rotatable bonds is 7. The van der Waals surface area contributed by atoms with Gasteiger partial charge in [-0.2, -0.15) is 0 Å². The summed E-state index contributed by atoms with van der Waals surface area (Å²) >= 11 is 0. The number of likely N-dealkylation sites (N-methyl/N-ethyl adjacent to an activating group) is 1. The third kappa shape index (κ3) is 7.75. The minimum absolute atomic E-state index is 0. The molecular weight excluding hydrogens is 264 g/mol. The second-order valence-electron chi connectivity index (χ2n) is 5.44. The van der Waals surface area contributed by atoms with Crippen molar-refractivity contribution in [2.45, 2.75) is 51.5 Å². The number of aliphatic carboxylic acids is 1. The summed E-state index contributed by atoms with van der Waals surface area (Å²) < 4.78 is 0. The van der Waals surface area contributed by atoms with Gasteiger partial charge in [-0.15, -0.1) is 12.4 Å². The molecule has 1 unspecified atom stereocenters. The lowest BCUT2D eigenvalue weighted by atomic mass is 10.1. The molecule has 1 N–H and O–H groups in total. The van der Waals surface area contributed by atoms with Crippen molar-refractivity contribution in [3.63, 3.8) is 0 Å². The summed E-state index contributed by atoms with van der Waals surface area (Å²) in [6.45, 7) is 5.92. The van der Waals surface area contributed by atoms with Crippen molar-refractivity contribution in [3.8, 4) is 0 Å². The Bertz CT molecular complexity index is 252. The highest BCUT2D eigenvalue weighted by molar-refractivity contribution is 5.85. The van der Waals surface area contributed by atoms with Gasteiger partial charge in [0.15, 0.2) is 0 Å². The Labute approximate surface area is 123 Å². The fourth-order valence-electron chi connectivity index (χ4n) is 2.73. The van der Waals surface area contributed by atoms with E-state index in [-0.39, 0.29) is 19.0 Å². The van der Waals surface area contributed by atoms with Crippen molar-refractivity contribution in [3.05, 3.63) is 0 Å². The first-order valence-corrected chi connectivity index (χ1v) is 7.28. The molecule has 0 aromatic heterocycles. The Morgan fingerprint density at radius 2 is 2.05 bits per heavy atom. The van der Waals surface area contributed by atoms with Crippen LogP contribution in [0.2, 0.25) is 0 Å². The fourth-order valence-corrected chi connectivity index (χ4v) is 2.73. The minimum atomic E-state index is -0.721. The summed E-state index contributed by atoms with van der Waals surface area (Å²) in [5, 5.41) is 8.83. The van der Waals surface area contributed by atoms with E-state index in [0.29, 0.717) is 6.04 Å². The van der Waals surface area contributed by atoms with E-state index in [4.69, 9.17) is 5.11 Å². The van der Waals surface area contributed by atoms with Crippen LogP contribution in [0.4, 0.5) is 0 Å². The average molecular weight is 293 g/mol. The smallest absolute Gasteiger partial charge is 0.317 e. The molecular formula is C14H29ClN2O2. The molecule has 0 aromatic carbocycles. The van der Waals surface area contributed by atoms with Crippen molar-refractivity contribution < 1.29 is 9.90 Å². The molecule has 0 saturated carbocycles. The number of nitrogens with zero attached hydrogens (tertiary/aromatic N) is 2. The van der Waals surface area contributed by atoms with Crippen LogP contribution in [-0.2, 0) is 4.79 Å². The molecule has 0 radical (unpaired) electrons. The molecule has 1 heterocycles. The number of carboxylic acid groups (broad SMARTS) is 1. The van der Waals surface area contributed by atoms with Crippen molar-refractivity contribution in [1.82, 2.24) is 9.80 Å². The molecule has 0 amide bonds. The molecule has 0 aromatic rings. The second kappa shape index (κ2) is 10.5. The molecule has 1 fully saturated rings. The van der Waals surface area contributed by atoms with Crippen LogP contribution < -0.4 is 0 Å². The van der Waals surface area contributed by atoms with Crippen LogP contribution in [0.25, 0.3) is 0 Å². The van der Waals surface area contributed by atoms with Crippen LogP contribution in [0, 0.1) is 0 Å². The van der Waals surface area contributed by atoms with E-state index in [2.05, 4.69) is 11.8 Å².